The van der Waals surface area contributed by atoms with Crippen molar-refractivity contribution in [3.8, 4) is 0 Å². The molecule has 1 amide bonds. The first-order valence-electron chi connectivity index (χ1n) is 10.7. The molecule has 0 aromatic carbocycles. The Balaban J connectivity index is 1.89. The summed E-state index contributed by atoms with van der Waals surface area (Å²) in [6.07, 6.45) is 3.16. The Bertz CT molecular complexity index is 900. The van der Waals surface area contributed by atoms with E-state index in [2.05, 4.69) is 39.2 Å². The van der Waals surface area contributed by atoms with E-state index in [1.165, 1.54) is 0 Å². The fraction of sp³-hybridized carbons (Fsp3) is 0.857. The smallest absolute Gasteiger partial charge is 0.235 e. The number of nitrogens with one attached hydrogen (secondary N) is 2. The lowest BCUT2D eigenvalue weighted by Crippen LogP contribution is -2.50. The Labute approximate surface area is 185 Å². The third-order valence-electron chi connectivity index (χ3n) is 5.81. The van der Waals surface area contributed by atoms with Crippen LogP contribution in [-0.2, 0) is 26.0 Å². The second kappa shape index (κ2) is 8.60. The van der Waals surface area contributed by atoms with Gasteiger partial charge in [0.25, 0.3) is 0 Å². The topological polar surface area (TPSA) is 135 Å². The maximum Gasteiger partial charge on any atom is 0.235 e. The van der Waals surface area contributed by atoms with Crippen molar-refractivity contribution in [2.75, 3.05) is 5.75 Å². The Morgan fingerprint density at radius 3 is 2.23 bits per heavy atom. The van der Waals surface area contributed by atoms with Gasteiger partial charge in [-0.3, -0.25) is 9.52 Å². The van der Waals surface area contributed by atoms with Gasteiger partial charge in [-0.15, -0.1) is 10.2 Å². The van der Waals surface area contributed by atoms with Crippen LogP contribution in [0.5, 0.6) is 0 Å². The molecule has 176 valence electrons. The molecule has 0 atom stereocenters. The third-order valence-corrected chi connectivity index (χ3v) is 7.43. The van der Waals surface area contributed by atoms with Crippen LogP contribution in [0.3, 0.4) is 0 Å². The van der Waals surface area contributed by atoms with Crippen LogP contribution in [0.2, 0.25) is 0 Å². The highest BCUT2D eigenvalue weighted by atomic mass is 32.2. The summed E-state index contributed by atoms with van der Waals surface area (Å²) in [7, 11) is -3.75. The summed E-state index contributed by atoms with van der Waals surface area (Å²) in [5, 5.41) is 14.0. The van der Waals surface area contributed by atoms with E-state index in [1.807, 2.05) is 27.7 Å². The van der Waals surface area contributed by atoms with E-state index < -0.39 is 26.8 Å². The van der Waals surface area contributed by atoms with Crippen molar-refractivity contribution in [3.05, 3.63) is 5.82 Å². The number of carbonyl (C=O) groups excluding carboxylic acids is 2. The summed E-state index contributed by atoms with van der Waals surface area (Å²) in [6.45, 7) is 13.5. The fourth-order valence-electron chi connectivity index (χ4n) is 6.08. The average molecular weight is 456 g/mol. The molecule has 0 saturated heterocycles. The van der Waals surface area contributed by atoms with E-state index in [4.69, 9.17) is 0 Å². The highest BCUT2D eigenvalue weighted by molar-refractivity contribution is 7.90. The van der Waals surface area contributed by atoms with Crippen molar-refractivity contribution >= 4 is 21.7 Å². The maximum atomic E-state index is 12.6. The van der Waals surface area contributed by atoms with E-state index >= 15 is 0 Å². The number of hydrogen-bond acceptors (Lipinski definition) is 7. The quantitative estimate of drug-likeness (QED) is 0.524. The van der Waals surface area contributed by atoms with E-state index in [0.717, 1.165) is 0 Å². The number of H-pyrrole nitrogens is 1. The number of Topliss-reactive ketones (excluding diaryl/α,β-unsaturated/α-hetero) is 1. The molecule has 1 heterocycles. The zero-order valence-electron chi connectivity index (χ0n) is 19.8. The number of nitrogens with zero attached hydrogens (tertiary/aromatic N) is 3. The molecule has 2 N–H and O–H groups in total. The molecule has 0 unspecified atom stereocenters. The molecular formula is C21H37N5O4S. The van der Waals surface area contributed by atoms with Gasteiger partial charge in [0.05, 0.1) is 5.75 Å². The summed E-state index contributed by atoms with van der Waals surface area (Å²) in [4.78, 5) is 24.0. The van der Waals surface area contributed by atoms with E-state index in [9.17, 15) is 18.0 Å². The van der Waals surface area contributed by atoms with Crippen LogP contribution in [0, 0.1) is 21.7 Å². The van der Waals surface area contributed by atoms with Crippen LogP contribution in [0.15, 0.2) is 0 Å². The molecule has 0 bridgehead atoms. The number of aromatic nitrogens is 4. The molecule has 0 radical (unpaired) electrons. The average Bonchev–Trinajstić information content (AvgIpc) is 2.91. The SMILES string of the molecule is CC(=O)CC1(C)CC(C)(CS(=O)(=O)NC(=O)CC(C)(C)CC(C)(C)Cc2nn[nH]n2)C1. The molecule has 0 spiro atoms. The highest BCUT2D eigenvalue weighted by Crippen LogP contribution is 2.56. The molecule has 1 saturated carbocycles. The summed E-state index contributed by atoms with van der Waals surface area (Å²) in [6, 6.07) is 0. The van der Waals surface area contributed by atoms with Crippen molar-refractivity contribution in [3.63, 3.8) is 0 Å². The standard InChI is InChI=1S/C21H37N5O4S/c1-15(27)8-20(6)12-21(7,13-20)14-31(29,30)24-17(28)10-19(4,5)11-18(2,3)9-16-22-25-26-23-16/h8-14H2,1-7H3,(H,24,28)(H,22,23,25,26). The van der Waals surface area contributed by atoms with Crippen molar-refractivity contribution in [1.82, 2.24) is 25.3 Å². The van der Waals surface area contributed by atoms with E-state index in [-0.39, 0.29) is 28.8 Å². The minimum absolute atomic E-state index is 0.0979. The van der Waals surface area contributed by atoms with Crippen LogP contribution in [0.4, 0.5) is 0 Å². The Morgan fingerprint density at radius 1 is 1.10 bits per heavy atom. The van der Waals surface area contributed by atoms with Gasteiger partial charge >= 0.3 is 0 Å². The Kier molecular flexibility index (Phi) is 7.05. The number of rotatable bonds is 11. The third kappa shape index (κ3) is 7.97. The first-order chi connectivity index (χ1) is 13.9. The van der Waals surface area contributed by atoms with Gasteiger partial charge in [-0.2, -0.15) is 5.21 Å². The predicted molar refractivity (Wildman–Crippen MR) is 117 cm³/mol. The largest absolute Gasteiger partial charge is 0.300 e. The van der Waals surface area contributed by atoms with Gasteiger partial charge in [0.2, 0.25) is 15.9 Å². The normalized spacial score (nSPS) is 24.5. The first-order valence-corrected chi connectivity index (χ1v) is 12.3. The number of carbonyl (C=O) groups is 2. The minimum Gasteiger partial charge on any atom is -0.300 e. The summed E-state index contributed by atoms with van der Waals surface area (Å²) in [5.41, 5.74) is -1.16. The van der Waals surface area contributed by atoms with Crippen molar-refractivity contribution in [2.24, 2.45) is 21.7 Å². The van der Waals surface area contributed by atoms with Gasteiger partial charge in [-0.1, -0.05) is 46.8 Å². The molecule has 0 aliphatic heterocycles. The maximum absolute atomic E-state index is 12.6. The van der Waals surface area contributed by atoms with Gasteiger partial charge in [0, 0.05) is 19.3 Å². The number of hydrogen-bond donors (Lipinski definition) is 2. The lowest BCUT2D eigenvalue weighted by Gasteiger charge is -2.52. The van der Waals surface area contributed by atoms with E-state index in [1.54, 1.807) is 6.92 Å². The Hall–Kier alpha value is -1.84. The predicted octanol–water partition coefficient (Wildman–Crippen LogP) is 2.81. The van der Waals surface area contributed by atoms with Gasteiger partial charge < -0.3 is 4.79 Å². The fourth-order valence-corrected chi connectivity index (χ4v) is 7.69. The molecule has 31 heavy (non-hydrogen) atoms. The summed E-state index contributed by atoms with van der Waals surface area (Å²) in [5.74, 6) is 0.126. The van der Waals surface area contributed by atoms with Crippen LogP contribution in [0.25, 0.3) is 0 Å². The molecule has 1 fully saturated rings. The van der Waals surface area contributed by atoms with Crippen LogP contribution in [0.1, 0.15) is 86.4 Å². The van der Waals surface area contributed by atoms with Gasteiger partial charge in [-0.25, -0.2) is 8.42 Å². The van der Waals surface area contributed by atoms with E-state index in [0.29, 0.717) is 37.9 Å². The number of ketones is 1. The molecule has 1 aromatic rings. The number of sulfonamides is 1. The van der Waals surface area contributed by atoms with Gasteiger partial charge in [0.1, 0.15) is 5.78 Å². The number of amides is 1. The number of aromatic amines is 1. The summed E-state index contributed by atoms with van der Waals surface area (Å²) < 4.78 is 27.5. The Morgan fingerprint density at radius 2 is 1.71 bits per heavy atom. The second-order valence-corrected chi connectivity index (χ2v) is 13.5. The zero-order valence-corrected chi connectivity index (χ0v) is 20.6. The van der Waals surface area contributed by atoms with Gasteiger partial charge in [0.15, 0.2) is 5.82 Å². The molecular weight excluding hydrogens is 418 g/mol. The van der Waals surface area contributed by atoms with Crippen molar-refractivity contribution in [1.29, 1.82) is 0 Å². The number of tetrazole rings is 1. The minimum atomic E-state index is -3.75. The highest BCUT2D eigenvalue weighted by Gasteiger charge is 2.51. The molecule has 1 aliphatic rings. The molecule has 1 aromatic heterocycles. The van der Waals surface area contributed by atoms with Crippen molar-refractivity contribution < 1.29 is 18.0 Å². The second-order valence-electron chi connectivity index (χ2n) is 11.8. The molecule has 1 aliphatic carbocycles. The lowest BCUT2D eigenvalue weighted by molar-refractivity contribution is -0.123. The van der Waals surface area contributed by atoms with Crippen molar-refractivity contribution in [2.45, 2.75) is 87.0 Å². The zero-order chi connectivity index (χ0) is 23.7. The van der Waals surface area contributed by atoms with Crippen LogP contribution in [-0.4, -0.2) is 46.5 Å². The monoisotopic (exact) mass is 455 g/mol. The summed E-state index contributed by atoms with van der Waals surface area (Å²) >= 11 is 0. The molecule has 10 heteroatoms. The van der Waals surface area contributed by atoms with Gasteiger partial charge in [-0.05, 0) is 47.8 Å². The molecule has 2 rings (SSSR count). The lowest BCUT2D eigenvalue weighted by atomic mass is 9.54. The first kappa shape index (κ1) is 25.4. The molecule has 9 nitrogen and oxygen atoms in total. The van der Waals surface area contributed by atoms with Crippen LogP contribution < -0.4 is 4.72 Å². The van der Waals surface area contributed by atoms with Crippen LogP contribution >= 0.6 is 0 Å².